The van der Waals surface area contributed by atoms with Crippen molar-refractivity contribution in [2.24, 2.45) is 0 Å². The van der Waals surface area contributed by atoms with E-state index in [0.717, 1.165) is 6.07 Å². The predicted molar refractivity (Wildman–Crippen MR) is 41.2 cm³/mol. The monoisotopic (exact) mass is 218 g/mol. The summed E-state index contributed by atoms with van der Waals surface area (Å²) >= 11 is 2.80. The Morgan fingerprint density at radius 1 is 1.55 bits per heavy atom. The number of hydrogen-bond acceptors (Lipinski definition) is 2. The van der Waals surface area contributed by atoms with Crippen molar-refractivity contribution in [3.05, 3.63) is 28.0 Å². The summed E-state index contributed by atoms with van der Waals surface area (Å²) in [7, 11) is 0. The molecule has 0 atom stereocenters. The molecule has 0 aliphatic heterocycles. The van der Waals surface area contributed by atoms with Crippen LogP contribution < -0.4 is 0 Å². The third kappa shape index (κ3) is 1.57. The van der Waals surface area contributed by atoms with Crippen LogP contribution in [0.15, 0.2) is 16.6 Å². The number of phenolic OH excluding ortho intramolecular Hbond substituents is 1. The lowest BCUT2D eigenvalue weighted by Crippen LogP contribution is -1.84. The second kappa shape index (κ2) is 3.00. The molecule has 0 saturated carbocycles. The number of aldehydes is 1. The minimum atomic E-state index is -0.646. The van der Waals surface area contributed by atoms with Gasteiger partial charge < -0.3 is 5.11 Å². The summed E-state index contributed by atoms with van der Waals surface area (Å²) in [4.78, 5) is 10.1. The SMILES string of the molecule is O=Cc1cc(O)c(Br)c(F)c1. The van der Waals surface area contributed by atoms with Gasteiger partial charge in [0, 0.05) is 5.56 Å². The van der Waals surface area contributed by atoms with Crippen molar-refractivity contribution < 1.29 is 14.3 Å². The highest BCUT2D eigenvalue weighted by Crippen LogP contribution is 2.27. The van der Waals surface area contributed by atoms with E-state index in [4.69, 9.17) is 5.11 Å². The molecule has 0 saturated heterocycles. The second-order valence-corrected chi connectivity index (χ2v) is 2.75. The number of hydrogen-bond donors (Lipinski definition) is 1. The van der Waals surface area contributed by atoms with Crippen LogP contribution in [0.2, 0.25) is 0 Å². The van der Waals surface area contributed by atoms with Gasteiger partial charge >= 0.3 is 0 Å². The third-order valence-electron chi connectivity index (χ3n) is 1.17. The van der Waals surface area contributed by atoms with Crippen molar-refractivity contribution in [2.75, 3.05) is 0 Å². The maximum Gasteiger partial charge on any atom is 0.150 e. The first kappa shape index (κ1) is 8.20. The van der Waals surface area contributed by atoms with Gasteiger partial charge in [-0.3, -0.25) is 4.79 Å². The van der Waals surface area contributed by atoms with Crippen LogP contribution in [0, 0.1) is 5.82 Å². The van der Waals surface area contributed by atoms with E-state index in [-0.39, 0.29) is 15.8 Å². The fourth-order valence-corrected chi connectivity index (χ4v) is 0.892. The molecule has 1 aromatic rings. The molecule has 0 aliphatic carbocycles. The normalized spacial score (nSPS) is 9.64. The molecule has 0 aliphatic rings. The smallest absolute Gasteiger partial charge is 0.150 e. The highest BCUT2D eigenvalue weighted by molar-refractivity contribution is 9.10. The fraction of sp³-hybridized carbons (Fsp3) is 0. The molecular formula is C7H4BrFO2. The summed E-state index contributed by atoms with van der Waals surface area (Å²) < 4.78 is 12.6. The molecule has 0 amide bonds. The summed E-state index contributed by atoms with van der Waals surface area (Å²) in [6, 6.07) is 2.22. The Bertz CT molecular complexity index is 275. The first-order valence-electron chi connectivity index (χ1n) is 2.78. The van der Waals surface area contributed by atoms with E-state index >= 15 is 0 Å². The largest absolute Gasteiger partial charge is 0.507 e. The highest BCUT2D eigenvalue weighted by atomic mass is 79.9. The number of aromatic hydroxyl groups is 1. The van der Waals surface area contributed by atoms with Crippen LogP contribution in [-0.2, 0) is 0 Å². The zero-order valence-electron chi connectivity index (χ0n) is 5.34. The van der Waals surface area contributed by atoms with Gasteiger partial charge in [-0.15, -0.1) is 0 Å². The number of benzene rings is 1. The van der Waals surface area contributed by atoms with Crippen molar-refractivity contribution >= 4 is 22.2 Å². The van der Waals surface area contributed by atoms with Gasteiger partial charge in [-0.25, -0.2) is 4.39 Å². The van der Waals surface area contributed by atoms with Gasteiger partial charge in [0.15, 0.2) is 0 Å². The molecule has 1 rings (SSSR count). The molecule has 0 bridgehead atoms. The Labute approximate surface area is 70.8 Å². The van der Waals surface area contributed by atoms with E-state index in [1.807, 2.05) is 0 Å². The first-order valence-corrected chi connectivity index (χ1v) is 3.57. The molecule has 0 fully saturated rings. The van der Waals surface area contributed by atoms with Crippen molar-refractivity contribution in [2.45, 2.75) is 0 Å². The van der Waals surface area contributed by atoms with Crippen molar-refractivity contribution in [1.29, 1.82) is 0 Å². The molecule has 2 nitrogen and oxygen atoms in total. The van der Waals surface area contributed by atoms with Crippen LogP contribution >= 0.6 is 15.9 Å². The zero-order valence-corrected chi connectivity index (χ0v) is 6.93. The van der Waals surface area contributed by atoms with Gasteiger partial charge in [0.1, 0.15) is 17.9 Å². The average molecular weight is 219 g/mol. The molecule has 11 heavy (non-hydrogen) atoms. The van der Waals surface area contributed by atoms with Gasteiger partial charge in [-0.2, -0.15) is 0 Å². The van der Waals surface area contributed by atoms with E-state index in [1.54, 1.807) is 0 Å². The molecular weight excluding hydrogens is 215 g/mol. The molecule has 0 unspecified atom stereocenters. The first-order chi connectivity index (χ1) is 5.15. The summed E-state index contributed by atoms with van der Waals surface area (Å²) in [6.07, 6.45) is 0.468. The summed E-state index contributed by atoms with van der Waals surface area (Å²) in [5.74, 6) is -0.917. The number of halogens is 2. The second-order valence-electron chi connectivity index (χ2n) is 1.95. The zero-order chi connectivity index (χ0) is 8.43. The lowest BCUT2D eigenvalue weighted by Gasteiger charge is -1.98. The van der Waals surface area contributed by atoms with Crippen LogP contribution in [0.3, 0.4) is 0 Å². The minimum Gasteiger partial charge on any atom is -0.507 e. The molecule has 58 valence electrons. The lowest BCUT2D eigenvalue weighted by atomic mass is 10.2. The molecule has 1 N–H and O–H groups in total. The fourth-order valence-electron chi connectivity index (χ4n) is 0.663. The van der Waals surface area contributed by atoms with Crippen molar-refractivity contribution in [3.63, 3.8) is 0 Å². The Balaban J connectivity index is 3.31. The Kier molecular flexibility index (Phi) is 2.24. The van der Waals surface area contributed by atoms with Gasteiger partial charge in [-0.1, -0.05) is 0 Å². The summed E-state index contributed by atoms with van der Waals surface area (Å²) in [5.41, 5.74) is 0.114. The minimum absolute atomic E-state index is 0.0249. The molecule has 0 heterocycles. The predicted octanol–water partition coefficient (Wildman–Crippen LogP) is 2.11. The van der Waals surface area contributed by atoms with Gasteiger partial charge in [-0.05, 0) is 28.1 Å². The standard InChI is InChI=1S/C7H4BrFO2/c8-7-5(9)1-4(3-10)2-6(7)11/h1-3,11H. The topological polar surface area (TPSA) is 37.3 Å². The number of carbonyl (C=O) groups is 1. The van der Waals surface area contributed by atoms with E-state index in [1.165, 1.54) is 6.07 Å². The quantitative estimate of drug-likeness (QED) is 0.734. The Morgan fingerprint density at radius 2 is 2.18 bits per heavy atom. The molecule has 1 aromatic carbocycles. The molecule has 0 spiro atoms. The van der Waals surface area contributed by atoms with Gasteiger partial charge in [0.2, 0.25) is 0 Å². The summed E-state index contributed by atoms with van der Waals surface area (Å²) in [6.45, 7) is 0. The highest BCUT2D eigenvalue weighted by Gasteiger charge is 2.05. The van der Waals surface area contributed by atoms with E-state index < -0.39 is 5.82 Å². The van der Waals surface area contributed by atoms with E-state index in [9.17, 15) is 9.18 Å². The molecule has 0 aromatic heterocycles. The van der Waals surface area contributed by atoms with Crippen LogP contribution in [0.1, 0.15) is 10.4 Å². The number of phenols is 1. The van der Waals surface area contributed by atoms with Gasteiger partial charge in [0.25, 0.3) is 0 Å². The summed E-state index contributed by atoms with van der Waals surface area (Å²) in [5, 5.41) is 8.97. The maximum atomic E-state index is 12.7. The number of carbonyl (C=O) groups excluding carboxylic acids is 1. The molecule has 4 heteroatoms. The van der Waals surface area contributed by atoms with Crippen LogP contribution in [0.4, 0.5) is 4.39 Å². The Morgan fingerprint density at radius 3 is 2.64 bits per heavy atom. The average Bonchev–Trinajstić information content (AvgIpc) is 1.99. The third-order valence-corrected chi connectivity index (χ3v) is 1.95. The van der Waals surface area contributed by atoms with E-state index in [2.05, 4.69) is 15.9 Å². The van der Waals surface area contributed by atoms with Crippen molar-refractivity contribution in [3.8, 4) is 5.75 Å². The number of rotatable bonds is 1. The lowest BCUT2D eigenvalue weighted by molar-refractivity contribution is 0.112. The molecule has 0 radical (unpaired) electrons. The van der Waals surface area contributed by atoms with Crippen LogP contribution in [0.25, 0.3) is 0 Å². The maximum absolute atomic E-state index is 12.7. The van der Waals surface area contributed by atoms with Crippen LogP contribution in [-0.4, -0.2) is 11.4 Å². The van der Waals surface area contributed by atoms with Crippen LogP contribution in [0.5, 0.6) is 5.75 Å². The van der Waals surface area contributed by atoms with Gasteiger partial charge in [0.05, 0.1) is 4.47 Å². The van der Waals surface area contributed by atoms with E-state index in [0.29, 0.717) is 6.29 Å². The van der Waals surface area contributed by atoms with Crippen molar-refractivity contribution in [1.82, 2.24) is 0 Å². The Hall–Kier alpha value is -0.900.